The Labute approximate surface area is 222 Å². The van der Waals surface area contributed by atoms with Crippen molar-refractivity contribution in [2.75, 3.05) is 17.1 Å². The van der Waals surface area contributed by atoms with E-state index in [0.717, 1.165) is 17.0 Å². The number of anilines is 1. The van der Waals surface area contributed by atoms with E-state index < -0.39 is 28.5 Å². The molecule has 0 spiro atoms. The van der Waals surface area contributed by atoms with Crippen LogP contribution in [0.3, 0.4) is 0 Å². The van der Waals surface area contributed by atoms with Crippen molar-refractivity contribution in [1.29, 1.82) is 0 Å². The predicted octanol–water partition coefficient (Wildman–Crippen LogP) is 5.13. The molecule has 0 unspecified atom stereocenters. The Hall–Kier alpha value is -2.00. The fourth-order valence-electron chi connectivity index (χ4n) is 3.42. The fraction of sp³-hybridized carbons (Fsp3) is 0.417. The molecule has 192 valence electrons. The van der Waals surface area contributed by atoms with E-state index in [1.165, 1.54) is 17.0 Å². The molecule has 2 aromatic carbocycles. The van der Waals surface area contributed by atoms with E-state index in [2.05, 4.69) is 5.32 Å². The molecular formula is C24H30Cl3N3O4S. The van der Waals surface area contributed by atoms with Crippen LogP contribution in [0.2, 0.25) is 15.1 Å². The van der Waals surface area contributed by atoms with Gasteiger partial charge in [-0.25, -0.2) is 8.42 Å². The van der Waals surface area contributed by atoms with Crippen molar-refractivity contribution in [2.45, 2.75) is 52.2 Å². The Morgan fingerprint density at radius 3 is 2.11 bits per heavy atom. The van der Waals surface area contributed by atoms with E-state index in [0.29, 0.717) is 27.1 Å². The second kappa shape index (κ2) is 12.8. The third-order valence-corrected chi connectivity index (χ3v) is 7.65. The van der Waals surface area contributed by atoms with Gasteiger partial charge < -0.3 is 10.2 Å². The first kappa shape index (κ1) is 29.2. The van der Waals surface area contributed by atoms with E-state index in [4.69, 9.17) is 34.8 Å². The molecule has 2 aromatic rings. The molecule has 0 bridgehead atoms. The quantitative estimate of drug-likeness (QED) is 0.411. The molecule has 0 heterocycles. The summed E-state index contributed by atoms with van der Waals surface area (Å²) in [6, 6.07) is 10.2. The summed E-state index contributed by atoms with van der Waals surface area (Å²) >= 11 is 18.1. The van der Waals surface area contributed by atoms with Crippen LogP contribution >= 0.6 is 34.8 Å². The van der Waals surface area contributed by atoms with Crippen LogP contribution in [0.15, 0.2) is 42.5 Å². The molecule has 2 rings (SSSR count). The first-order valence-electron chi connectivity index (χ1n) is 11.1. The summed E-state index contributed by atoms with van der Waals surface area (Å²) in [7, 11) is -3.82. The number of sulfonamides is 1. The zero-order valence-electron chi connectivity index (χ0n) is 20.1. The third-order valence-electron chi connectivity index (χ3n) is 5.52. The van der Waals surface area contributed by atoms with Gasteiger partial charge in [0.2, 0.25) is 21.8 Å². The smallest absolute Gasteiger partial charge is 0.244 e. The molecule has 2 atom stereocenters. The van der Waals surface area contributed by atoms with Gasteiger partial charge in [-0.15, -0.1) is 0 Å². The highest BCUT2D eigenvalue weighted by Crippen LogP contribution is 2.25. The summed E-state index contributed by atoms with van der Waals surface area (Å²) in [4.78, 5) is 28.1. The first-order chi connectivity index (χ1) is 16.4. The van der Waals surface area contributed by atoms with E-state index in [1.807, 2.05) is 13.8 Å². The summed E-state index contributed by atoms with van der Waals surface area (Å²) in [5, 5.41) is 4.02. The van der Waals surface area contributed by atoms with Crippen molar-refractivity contribution < 1.29 is 18.0 Å². The second-order valence-corrected chi connectivity index (χ2v) is 11.4. The minimum Gasteiger partial charge on any atom is -0.352 e. The number of nitrogens with one attached hydrogen (secondary N) is 1. The van der Waals surface area contributed by atoms with E-state index in [-0.39, 0.29) is 24.2 Å². The third kappa shape index (κ3) is 8.27. The lowest BCUT2D eigenvalue weighted by Crippen LogP contribution is -2.53. The van der Waals surface area contributed by atoms with Crippen molar-refractivity contribution in [3.8, 4) is 0 Å². The summed E-state index contributed by atoms with van der Waals surface area (Å²) < 4.78 is 26.2. The lowest BCUT2D eigenvalue weighted by molar-refractivity contribution is -0.140. The number of benzene rings is 2. The molecule has 0 radical (unpaired) electrons. The van der Waals surface area contributed by atoms with E-state index in [1.54, 1.807) is 37.3 Å². The predicted molar refractivity (Wildman–Crippen MR) is 143 cm³/mol. The number of carbonyl (C=O) groups is 2. The van der Waals surface area contributed by atoms with Gasteiger partial charge in [-0.2, -0.15) is 0 Å². The molecule has 7 nitrogen and oxygen atoms in total. The van der Waals surface area contributed by atoms with E-state index >= 15 is 0 Å². The van der Waals surface area contributed by atoms with Crippen LogP contribution in [-0.4, -0.2) is 50.0 Å². The summed E-state index contributed by atoms with van der Waals surface area (Å²) in [6.07, 6.45) is 2.07. The largest absolute Gasteiger partial charge is 0.352 e. The highest BCUT2D eigenvalue weighted by Gasteiger charge is 2.32. The average Bonchev–Trinajstić information content (AvgIpc) is 2.79. The van der Waals surface area contributed by atoms with Crippen LogP contribution in [0.4, 0.5) is 5.69 Å². The van der Waals surface area contributed by atoms with Crippen LogP contribution in [0.5, 0.6) is 0 Å². The molecule has 1 N–H and O–H groups in total. The minimum atomic E-state index is -3.82. The van der Waals surface area contributed by atoms with Gasteiger partial charge in [0.25, 0.3) is 0 Å². The zero-order valence-corrected chi connectivity index (χ0v) is 23.2. The first-order valence-corrected chi connectivity index (χ1v) is 14.1. The molecule has 0 aromatic heterocycles. The number of amides is 2. The van der Waals surface area contributed by atoms with Crippen molar-refractivity contribution in [2.24, 2.45) is 0 Å². The summed E-state index contributed by atoms with van der Waals surface area (Å²) in [6.45, 7) is 5.17. The minimum absolute atomic E-state index is 0.0420. The van der Waals surface area contributed by atoms with Gasteiger partial charge in [-0.1, -0.05) is 54.7 Å². The maximum Gasteiger partial charge on any atom is 0.244 e. The van der Waals surface area contributed by atoms with Crippen molar-refractivity contribution in [3.05, 3.63) is 63.1 Å². The Morgan fingerprint density at radius 1 is 0.971 bits per heavy atom. The van der Waals surface area contributed by atoms with Crippen molar-refractivity contribution in [3.63, 3.8) is 0 Å². The van der Waals surface area contributed by atoms with Gasteiger partial charge >= 0.3 is 0 Å². The molecule has 0 saturated heterocycles. The highest BCUT2D eigenvalue weighted by molar-refractivity contribution is 7.92. The number of rotatable bonds is 11. The lowest BCUT2D eigenvalue weighted by Gasteiger charge is -2.33. The normalized spacial score (nSPS) is 13.1. The van der Waals surface area contributed by atoms with Gasteiger partial charge in [0.15, 0.2) is 0 Å². The number of hydrogen-bond acceptors (Lipinski definition) is 4. The van der Waals surface area contributed by atoms with Gasteiger partial charge in [-0.05, 0) is 61.7 Å². The average molecular weight is 563 g/mol. The van der Waals surface area contributed by atoms with Crippen LogP contribution in [0.1, 0.15) is 39.2 Å². The topological polar surface area (TPSA) is 86.8 Å². The van der Waals surface area contributed by atoms with Gasteiger partial charge in [0.05, 0.1) is 22.0 Å². The van der Waals surface area contributed by atoms with E-state index in [9.17, 15) is 18.0 Å². The van der Waals surface area contributed by atoms with Crippen LogP contribution < -0.4 is 9.62 Å². The molecule has 0 aliphatic rings. The number of halogens is 3. The molecular weight excluding hydrogens is 533 g/mol. The molecule has 0 aliphatic heterocycles. The zero-order chi connectivity index (χ0) is 26.3. The molecule has 2 amide bonds. The summed E-state index contributed by atoms with van der Waals surface area (Å²) in [5.74, 6) is -0.852. The fourth-order valence-corrected chi connectivity index (χ4v) is 4.71. The van der Waals surface area contributed by atoms with Crippen molar-refractivity contribution >= 4 is 62.3 Å². The molecule has 0 fully saturated rings. The SMILES string of the molecule is CC[C@H](C(=O)N[C@@H](C)CC)N(Cc1ccc(Cl)c(Cl)c1)C(=O)CN(c1ccc(Cl)cc1)S(C)(=O)=O. The Balaban J connectivity index is 2.45. The molecule has 0 aliphatic carbocycles. The Bertz CT molecular complexity index is 1140. The Kier molecular flexibility index (Phi) is 10.7. The van der Waals surface area contributed by atoms with Gasteiger partial charge in [0.1, 0.15) is 12.6 Å². The number of nitrogens with zero attached hydrogens (tertiary/aromatic N) is 2. The molecule has 35 heavy (non-hydrogen) atoms. The highest BCUT2D eigenvalue weighted by atomic mass is 35.5. The van der Waals surface area contributed by atoms with Crippen molar-refractivity contribution in [1.82, 2.24) is 10.2 Å². The molecule has 11 heteroatoms. The Morgan fingerprint density at radius 2 is 1.60 bits per heavy atom. The summed E-state index contributed by atoms with van der Waals surface area (Å²) in [5.41, 5.74) is 0.941. The number of carbonyl (C=O) groups excluding carboxylic acids is 2. The van der Waals surface area contributed by atoms with Crippen LogP contribution in [0.25, 0.3) is 0 Å². The van der Waals surface area contributed by atoms with Gasteiger partial charge in [-0.3, -0.25) is 13.9 Å². The lowest BCUT2D eigenvalue weighted by atomic mass is 10.1. The maximum atomic E-state index is 13.6. The standard InChI is InChI=1S/C24H30Cl3N3O4S/c1-5-16(3)28-24(32)22(6-2)29(14-17-7-12-20(26)21(27)13-17)23(31)15-30(35(4,33)34)19-10-8-18(25)9-11-19/h7-13,16,22H,5-6,14-15H2,1-4H3,(H,28,32)/t16-,22+/m0/s1. The second-order valence-electron chi connectivity index (χ2n) is 8.26. The van der Waals surface area contributed by atoms with Crippen LogP contribution in [0, 0.1) is 0 Å². The van der Waals surface area contributed by atoms with Crippen LogP contribution in [-0.2, 0) is 26.2 Å². The maximum absolute atomic E-state index is 13.6. The van der Waals surface area contributed by atoms with Gasteiger partial charge in [0, 0.05) is 17.6 Å². The molecule has 0 saturated carbocycles. The monoisotopic (exact) mass is 561 g/mol. The number of hydrogen-bond donors (Lipinski definition) is 1.